The molecule has 0 amide bonds. The Balaban J connectivity index is 1.85. The summed E-state index contributed by atoms with van der Waals surface area (Å²) in [6, 6.07) is 4.06. The molecule has 150 valence electrons. The molecule has 0 aliphatic carbocycles. The normalized spacial score (nSPS) is 19.5. The van der Waals surface area contributed by atoms with Crippen molar-refractivity contribution < 1.29 is 9.13 Å². The SMILES string of the molecule is CCc1cc2c(s1)NC=c1c(F)ccnc1=C2N1CCN(C)C(CCOC)C1. The molecular weight excluding hydrogens is 375 g/mol. The van der Waals surface area contributed by atoms with Gasteiger partial charge in [-0.2, -0.15) is 0 Å². The molecule has 7 heteroatoms. The van der Waals surface area contributed by atoms with E-state index in [0.717, 1.165) is 60.7 Å². The van der Waals surface area contributed by atoms with Gasteiger partial charge in [0.2, 0.25) is 0 Å². The van der Waals surface area contributed by atoms with Gasteiger partial charge in [-0.3, -0.25) is 9.88 Å². The summed E-state index contributed by atoms with van der Waals surface area (Å²) in [5.41, 5.74) is 2.17. The summed E-state index contributed by atoms with van der Waals surface area (Å²) < 4.78 is 19.9. The van der Waals surface area contributed by atoms with Crippen molar-refractivity contribution in [3.63, 3.8) is 0 Å². The summed E-state index contributed by atoms with van der Waals surface area (Å²) in [4.78, 5) is 10.7. The molecule has 0 aromatic carbocycles. The van der Waals surface area contributed by atoms with Crippen LogP contribution < -0.4 is 15.9 Å². The van der Waals surface area contributed by atoms with Crippen molar-refractivity contribution in [2.24, 2.45) is 0 Å². The Morgan fingerprint density at radius 1 is 1.39 bits per heavy atom. The number of thiophene rings is 1. The Kier molecular flexibility index (Phi) is 5.66. The van der Waals surface area contributed by atoms with Crippen LogP contribution in [0.15, 0.2) is 18.3 Å². The van der Waals surface area contributed by atoms with Gasteiger partial charge in [-0.1, -0.05) is 6.92 Å². The molecule has 4 rings (SSSR count). The quantitative estimate of drug-likeness (QED) is 0.826. The summed E-state index contributed by atoms with van der Waals surface area (Å²) in [5.74, 6) is -0.245. The number of ether oxygens (including phenoxy) is 1. The third-order valence-electron chi connectivity index (χ3n) is 5.64. The first-order chi connectivity index (χ1) is 13.6. The highest BCUT2D eigenvalue weighted by atomic mass is 32.1. The van der Waals surface area contributed by atoms with Crippen molar-refractivity contribution in [1.82, 2.24) is 14.8 Å². The monoisotopic (exact) mass is 402 g/mol. The molecular formula is C21H27FN4OS. The van der Waals surface area contributed by atoms with Crippen molar-refractivity contribution >= 4 is 28.2 Å². The number of methoxy groups -OCH3 is 1. The molecule has 5 nitrogen and oxygen atoms in total. The first kappa shape index (κ1) is 19.4. The Labute approximate surface area is 169 Å². The second kappa shape index (κ2) is 8.19. The van der Waals surface area contributed by atoms with Gasteiger partial charge >= 0.3 is 0 Å². The van der Waals surface area contributed by atoms with Crippen LogP contribution >= 0.6 is 11.3 Å². The van der Waals surface area contributed by atoms with Gasteiger partial charge < -0.3 is 15.0 Å². The average Bonchev–Trinajstić information content (AvgIpc) is 3.04. The zero-order valence-electron chi connectivity index (χ0n) is 16.7. The maximum absolute atomic E-state index is 14.6. The first-order valence-corrected chi connectivity index (χ1v) is 10.6. The van der Waals surface area contributed by atoms with Crippen LogP contribution in [0.4, 0.5) is 9.39 Å². The van der Waals surface area contributed by atoms with Crippen LogP contribution in [0.3, 0.4) is 0 Å². The second-order valence-electron chi connectivity index (χ2n) is 7.36. The first-order valence-electron chi connectivity index (χ1n) is 9.81. The number of nitrogens with one attached hydrogen (secondary N) is 1. The zero-order valence-corrected chi connectivity index (χ0v) is 17.5. The lowest BCUT2D eigenvalue weighted by molar-refractivity contribution is 0.0960. The van der Waals surface area contributed by atoms with Gasteiger partial charge in [-0.05, 0) is 32.0 Å². The summed E-state index contributed by atoms with van der Waals surface area (Å²) in [6.45, 7) is 5.63. The van der Waals surface area contributed by atoms with E-state index < -0.39 is 0 Å². The van der Waals surface area contributed by atoms with Crippen LogP contribution in [0, 0.1) is 5.82 Å². The molecule has 0 saturated carbocycles. The minimum atomic E-state index is -0.245. The van der Waals surface area contributed by atoms with Crippen molar-refractivity contribution in [1.29, 1.82) is 0 Å². The van der Waals surface area contributed by atoms with Gasteiger partial charge in [0.1, 0.15) is 10.8 Å². The van der Waals surface area contributed by atoms with Crippen LogP contribution in [0.2, 0.25) is 0 Å². The van der Waals surface area contributed by atoms with Gasteiger partial charge in [-0.25, -0.2) is 4.39 Å². The number of aryl methyl sites for hydroxylation is 1. The number of piperazine rings is 1. The van der Waals surface area contributed by atoms with Gasteiger partial charge in [0.15, 0.2) is 0 Å². The van der Waals surface area contributed by atoms with E-state index in [-0.39, 0.29) is 5.82 Å². The summed E-state index contributed by atoms with van der Waals surface area (Å²) >= 11 is 1.74. The molecule has 1 unspecified atom stereocenters. The van der Waals surface area contributed by atoms with E-state index in [9.17, 15) is 4.39 Å². The van der Waals surface area contributed by atoms with E-state index >= 15 is 0 Å². The zero-order chi connectivity index (χ0) is 19.7. The Hall–Kier alpha value is -1.96. The number of likely N-dealkylation sites (N-methyl/N-ethyl adjacent to an activating group) is 1. The molecule has 4 heterocycles. The van der Waals surface area contributed by atoms with E-state index in [1.54, 1.807) is 30.8 Å². The molecule has 0 spiro atoms. The van der Waals surface area contributed by atoms with Gasteiger partial charge in [0.25, 0.3) is 0 Å². The number of nitrogens with zero attached hydrogens (tertiary/aromatic N) is 3. The lowest BCUT2D eigenvalue weighted by atomic mass is 10.1. The van der Waals surface area contributed by atoms with Gasteiger partial charge in [0.05, 0.1) is 16.3 Å². The molecule has 2 aliphatic heterocycles. The molecule has 1 N–H and O–H groups in total. The van der Waals surface area contributed by atoms with Crippen molar-refractivity contribution in [3.05, 3.63) is 45.2 Å². The van der Waals surface area contributed by atoms with E-state index in [2.05, 4.69) is 40.1 Å². The molecule has 2 aromatic heterocycles. The van der Waals surface area contributed by atoms with Crippen LogP contribution in [-0.2, 0) is 11.2 Å². The Morgan fingerprint density at radius 2 is 2.25 bits per heavy atom. The molecule has 2 aromatic rings. The maximum Gasteiger partial charge on any atom is 0.135 e. The van der Waals surface area contributed by atoms with E-state index in [4.69, 9.17) is 4.74 Å². The van der Waals surface area contributed by atoms with E-state index in [1.807, 2.05) is 0 Å². The third kappa shape index (κ3) is 3.54. The van der Waals surface area contributed by atoms with Crippen LogP contribution in [0.1, 0.15) is 23.8 Å². The highest BCUT2D eigenvalue weighted by Crippen LogP contribution is 2.35. The van der Waals surface area contributed by atoms with Crippen LogP contribution in [-0.4, -0.2) is 61.2 Å². The topological polar surface area (TPSA) is 40.6 Å². The fraction of sp³-hybridized carbons (Fsp3) is 0.476. The molecule has 0 radical (unpaired) electrons. The lowest BCUT2D eigenvalue weighted by Crippen LogP contribution is -2.52. The van der Waals surface area contributed by atoms with Crippen LogP contribution in [0.5, 0.6) is 0 Å². The van der Waals surface area contributed by atoms with Crippen molar-refractivity contribution in [2.75, 3.05) is 45.7 Å². The smallest absolute Gasteiger partial charge is 0.135 e. The molecule has 0 bridgehead atoms. The van der Waals surface area contributed by atoms with Crippen molar-refractivity contribution in [2.45, 2.75) is 25.8 Å². The standard InChI is InChI=1S/C21H27FN4OS/c1-4-15-11-16-20(26-9-8-25(2)14(13-26)6-10-27-3)19-17(12-24-21(16)28-15)18(22)5-7-23-19/h5,7,11-12,14,24H,4,6,8-10,13H2,1-3H3. The fourth-order valence-electron chi connectivity index (χ4n) is 3.98. The number of fused-ring (bicyclic) bond motifs is 2. The fourth-order valence-corrected chi connectivity index (χ4v) is 4.94. The third-order valence-corrected chi connectivity index (χ3v) is 6.85. The Morgan fingerprint density at radius 3 is 3.04 bits per heavy atom. The van der Waals surface area contributed by atoms with E-state index in [1.165, 1.54) is 10.9 Å². The molecule has 28 heavy (non-hydrogen) atoms. The summed E-state index contributed by atoms with van der Waals surface area (Å²) in [5, 5.41) is 5.66. The highest BCUT2D eigenvalue weighted by molar-refractivity contribution is 7.16. The predicted molar refractivity (Wildman–Crippen MR) is 112 cm³/mol. The van der Waals surface area contributed by atoms with Gasteiger partial charge in [-0.15, -0.1) is 11.3 Å². The lowest BCUT2D eigenvalue weighted by Gasteiger charge is -2.41. The highest BCUT2D eigenvalue weighted by Gasteiger charge is 2.29. The minimum absolute atomic E-state index is 0.245. The number of hydrogen-bond acceptors (Lipinski definition) is 6. The second-order valence-corrected chi connectivity index (χ2v) is 8.50. The summed E-state index contributed by atoms with van der Waals surface area (Å²) in [7, 11) is 3.91. The van der Waals surface area contributed by atoms with Gasteiger partial charge in [0, 0.05) is 62.2 Å². The summed E-state index contributed by atoms with van der Waals surface area (Å²) in [6.07, 6.45) is 5.28. The maximum atomic E-state index is 14.6. The number of pyridine rings is 1. The number of rotatable bonds is 5. The minimum Gasteiger partial charge on any atom is -0.385 e. The van der Waals surface area contributed by atoms with Crippen molar-refractivity contribution in [3.8, 4) is 0 Å². The Bertz CT molecular complexity index is 973. The largest absolute Gasteiger partial charge is 0.385 e. The van der Waals surface area contributed by atoms with Crippen LogP contribution in [0.25, 0.3) is 11.9 Å². The molecule has 1 saturated heterocycles. The predicted octanol–water partition coefficient (Wildman–Crippen LogP) is 1.82. The number of hydrogen-bond donors (Lipinski definition) is 1. The molecule has 1 fully saturated rings. The average molecular weight is 403 g/mol. The molecule has 1 atom stereocenters. The number of halogens is 1. The number of aromatic nitrogens is 1. The molecule has 2 aliphatic rings. The van der Waals surface area contributed by atoms with E-state index in [0.29, 0.717) is 11.3 Å². The number of anilines is 1.